The largest absolute Gasteiger partial charge is 0.481 e. The van der Waals surface area contributed by atoms with Crippen LogP contribution >= 0.6 is 7.37 Å². The number of halogens is 5. The molecule has 0 heterocycles. The minimum absolute atomic E-state index is 0.127. The summed E-state index contributed by atoms with van der Waals surface area (Å²) in [6.45, 7) is 1.21. The number of carboxylic acid groups (broad SMARTS) is 2. The normalized spacial score (nSPS) is 15.2. The highest BCUT2D eigenvalue weighted by Gasteiger charge is 2.44. The van der Waals surface area contributed by atoms with Gasteiger partial charge in [-0.05, 0) is 12.5 Å². The van der Waals surface area contributed by atoms with Gasteiger partial charge in [-0.2, -0.15) is 0 Å². The summed E-state index contributed by atoms with van der Waals surface area (Å²) in [4.78, 5) is 33.5. The van der Waals surface area contributed by atoms with Gasteiger partial charge in [0.15, 0.2) is 23.3 Å². The molecule has 0 saturated heterocycles. The molecule has 0 spiro atoms. The smallest absolute Gasteiger partial charge is 0.310 e. The lowest BCUT2D eigenvalue weighted by atomic mass is 10.1. The van der Waals surface area contributed by atoms with Gasteiger partial charge in [0.2, 0.25) is 5.91 Å². The lowest BCUT2D eigenvalue weighted by Gasteiger charge is -2.25. The summed E-state index contributed by atoms with van der Waals surface area (Å²) in [6.07, 6.45) is -3.12. The summed E-state index contributed by atoms with van der Waals surface area (Å²) in [6, 6.07) is -0.127. The second-order valence-electron chi connectivity index (χ2n) is 5.92. The van der Waals surface area contributed by atoms with E-state index < -0.39 is 91.4 Å². The number of alkyl halides is 1. The molecule has 0 amide bonds. The summed E-state index contributed by atoms with van der Waals surface area (Å²) in [7, 11) is -5.14. The van der Waals surface area contributed by atoms with Crippen LogP contribution in [0.2, 0.25) is 0 Å². The summed E-state index contributed by atoms with van der Waals surface area (Å²) < 4.78 is 86.2. The molecular weight excluding hydrogens is 430 g/mol. The zero-order valence-electron chi connectivity index (χ0n) is 14.8. The van der Waals surface area contributed by atoms with Gasteiger partial charge in [-0.1, -0.05) is 6.92 Å². The average molecular weight is 446 g/mol. The molecule has 2 N–H and O–H groups in total. The van der Waals surface area contributed by atoms with Crippen molar-refractivity contribution >= 4 is 25.3 Å². The van der Waals surface area contributed by atoms with E-state index in [2.05, 4.69) is 4.52 Å². The molecule has 1 aromatic carbocycles. The summed E-state index contributed by atoms with van der Waals surface area (Å²) in [5.41, 5.74) is -1.57. The molecule has 1 rings (SSSR count). The Kier molecular flexibility index (Phi) is 8.31. The zero-order chi connectivity index (χ0) is 22.5. The maximum absolute atomic E-state index is 14.9. The van der Waals surface area contributed by atoms with Crippen molar-refractivity contribution in [2.45, 2.75) is 32.1 Å². The minimum atomic E-state index is -5.14. The van der Waals surface area contributed by atoms with Crippen molar-refractivity contribution < 1.29 is 55.6 Å². The third-order valence-electron chi connectivity index (χ3n) is 3.81. The first-order valence-corrected chi connectivity index (χ1v) is 9.94. The minimum Gasteiger partial charge on any atom is -0.481 e. The number of hydrogen-bond donors (Lipinski definition) is 2. The first-order valence-electron chi connectivity index (χ1n) is 8.06. The van der Waals surface area contributed by atoms with E-state index in [1.165, 1.54) is 6.92 Å². The molecule has 3 atom stereocenters. The summed E-state index contributed by atoms with van der Waals surface area (Å²) >= 11 is 0. The Morgan fingerprint density at radius 3 is 2.17 bits per heavy atom. The fourth-order valence-corrected chi connectivity index (χ4v) is 4.68. The monoisotopic (exact) mass is 446 g/mol. The van der Waals surface area contributed by atoms with E-state index in [1.807, 2.05) is 0 Å². The number of hydrogen-bond acceptors (Lipinski definition) is 5. The van der Waals surface area contributed by atoms with Gasteiger partial charge in [0.25, 0.3) is 7.37 Å². The van der Waals surface area contributed by atoms with Crippen LogP contribution in [0.4, 0.5) is 22.0 Å². The van der Waals surface area contributed by atoms with Crippen LogP contribution in [0.1, 0.15) is 37.7 Å². The van der Waals surface area contributed by atoms with E-state index in [0.29, 0.717) is 0 Å². The van der Waals surface area contributed by atoms with Crippen molar-refractivity contribution in [2.24, 2.45) is 5.92 Å². The van der Waals surface area contributed by atoms with Gasteiger partial charge in [-0.25, -0.2) is 22.0 Å². The summed E-state index contributed by atoms with van der Waals surface area (Å²) in [5, 5.41) is 17.8. The zero-order valence-corrected chi connectivity index (χ0v) is 15.7. The molecule has 0 aliphatic heterocycles. The lowest BCUT2D eigenvalue weighted by molar-refractivity contribution is -0.142. The highest BCUT2D eigenvalue weighted by atomic mass is 31.2. The van der Waals surface area contributed by atoms with E-state index in [0.717, 1.165) is 0 Å². The highest BCUT2D eigenvalue weighted by molar-refractivity contribution is 7.59. The van der Waals surface area contributed by atoms with Crippen molar-refractivity contribution in [3.63, 3.8) is 0 Å². The van der Waals surface area contributed by atoms with Crippen molar-refractivity contribution in [1.82, 2.24) is 0 Å². The Bertz CT molecular complexity index is 861. The predicted octanol–water partition coefficient (Wildman–Crippen LogP) is 4.01. The van der Waals surface area contributed by atoms with Gasteiger partial charge in [0.1, 0.15) is 0 Å². The molecule has 0 bridgehead atoms. The molecule has 162 valence electrons. The van der Waals surface area contributed by atoms with Crippen LogP contribution in [0, 0.1) is 29.2 Å². The number of aliphatic carboxylic acids is 2. The maximum atomic E-state index is 14.9. The Morgan fingerprint density at radius 2 is 1.69 bits per heavy atom. The van der Waals surface area contributed by atoms with Gasteiger partial charge >= 0.3 is 17.9 Å². The topological polar surface area (TPSA) is 118 Å². The standard InChI is InChI=1S/C16H16F5O7P/c1-2-11(24)28-29(27,6-7(16(25)26)3-4-10(22)23)15(21)8-5-9(17)13(19)14(20)12(8)18/h5,7,15H,2-4,6H2,1H3,(H,22,23)(H,25,26). The summed E-state index contributed by atoms with van der Waals surface area (Å²) in [5.74, 6) is -18.4. The third-order valence-corrected chi connectivity index (χ3v) is 6.24. The molecule has 0 aromatic heterocycles. The molecule has 0 aliphatic rings. The molecule has 0 saturated carbocycles. The Morgan fingerprint density at radius 1 is 1.10 bits per heavy atom. The number of rotatable bonds is 10. The SMILES string of the molecule is CCC(=O)OP(=O)(CC(CCC(=O)O)C(=O)O)C(F)c1cc(F)c(F)c(F)c1F. The Balaban J connectivity index is 3.42. The number of carboxylic acids is 2. The fourth-order valence-electron chi connectivity index (χ4n) is 2.29. The van der Waals surface area contributed by atoms with E-state index in [1.54, 1.807) is 0 Å². The van der Waals surface area contributed by atoms with Crippen LogP contribution in [0.3, 0.4) is 0 Å². The van der Waals surface area contributed by atoms with Gasteiger partial charge in [0, 0.05) is 18.4 Å². The van der Waals surface area contributed by atoms with E-state index in [9.17, 15) is 40.9 Å². The first-order chi connectivity index (χ1) is 13.3. The lowest BCUT2D eigenvalue weighted by Crippen LogP contribution is -2.22. The van der Waals surface area contributed by atoms with Crippen LogP contribution in [0.25, 0.3) is 0 Å². The third kappa shape index (κ3) is 5.99. The molecule has 7 nitrogen and oxygen atoms in total. The molecule has 0 aliphatic carbocycles. The van der Waals surface area contributed by atoms with E-state index in [4.69, 9.17) is 10.2 Å². The van der Waals surface area contributed by atoms with Crippen LogP contribution < -0.4 is 0 Å². The van der Waals surface area contributed by atoms with Crippen molar-refractivity contribution in [3.8, 4) is 0 Å². The average Bonchev–Trinajstić information content (AvgIpc) is 2.65. The highest BCUT2D eigenvalue weighted by Crippen LogP contribution is 2.63. The van der Waals surface area contributed by atoms with Gasteiger partial charge in [0.05, 0.1) is 12.1 Å². The van der Waals surface area contributed by atoms with Crippen molar-refractivity contribution in [2.75, 3.05) is 6.16 Å². The maximum Gasteiger partial charge on any atom is 0.310 e. The van der Waals surface area contributed by atoms with Crippen LogP contribution in [-0.2, 0) is 23.5 Å². The van der Waals surface area contributed by atoms with E-state index >= 15 is 0 Å². The molecular formula is C16H16F5O7P. The van der Waals surface area contributed by atoms with Crippen LogP contribution in [0.5, 0.6) is 0 Å². The number of carbonyl (C=O) groups excluding carboxylic acids is 1. The fraction of sp³-hybridized carbons (Fsp3) is 0.438. The van der Waals surface area contributed by atoms with Crippen LogP contribution in [0.15, 0.2) is 6.07 Å². The van der Waals surface area contributed by atoms with Gasteiger partial charge < -0.3 is 14.7 Å². The molecule has 13 heteroatoms. The number of carbonyl (C=O) groups is 3. The molecule has 29 heavy (non-hydrogen) atoms. The van der Waals surface area contributed by atoms with Gasteiger partial charge in [-0.3, -0.25) is 18.9 Å². The molecule has 3 unspecified atom stereocenters. The molecule has 0 fully saturated rings. The van der Waals surface area contributed by atoms with Gasteiger partial charge in [-0.15, -0.1) is 0 Å². The first kappa shape index (κ1) is 24.5. The second kappa shape index (κ2) is 9.82. The Hall–Kier alpha value is -2.49. The Labute approximate surface area is 160 Å². The molecule has 1 aromatic rings. The van der Waals surface area contributed by atoms with Crippen molar-refractivity contribution in [3.05, 3.63) is 34.9 Å². The van der Waals surface area contributed by atoms with Crippen LogP contribution in [-0.4, -0.2) is 34.3 Å². The second-order valence-corrected chi connectivity index (χ2v) is 8.37. The predicted molar refractivity (Wildman–Crippen MR) is 87.0 cm³/mol. The quantitative estimate of drug-likeness (QED) is 0.241. The molecule has 0 radical (unpaired) electrons. The number of benzene rings is 1. The van der Waals surface area contributed by atoms with Crippen molar-refractivity contribution in [1.29, 1.82) is 0 Å². The van der Waals surface area contributed by atoms with E-state index in [-0.39, 0.29) is 6.07 Å².